The van der Waals surface area contributed by atoms with Crippen molar-refractivity contribution in [1.29, 1.82) is 0 Å². The average molecular weight is 255 g/mol. The quantitative estimate of drug-likeness (QED) is 0.752. The Morgan fingerprint density at radius 2 is 2.00 bits per heavy atom. The fraction of sp³-hybridized carbons (Fsp3) is 0.750. The van der Waals surface area contributed by atoms with E-state index in [-0.39, 0.29) is 17.9 Å². The number of ether oxygens (including phenoxy) is 1. The number of carbonyl (C=O) groups is 1. The molecule has 0 unspecified atom stereocenters. The van der Waals surface area contributed by atoms with Crippen molar-refractivity contribution in [3.05, 3.63) is 11.8 Å². The van der Waals surface area contributed by atoms with Crippen LogP contribution >= 0.6 is 0 Å². The molecule has 1 atom stereocenters. The molecular weight excluding hydrogens is 234 g/mol. The summed E-state index contributed by atoms with van der Waals surface area (Å²) in [6.45, 7) is 8.70. The molecule has 0 aliphatic rings. The second-order valence-corrected chi connectivity index (χ2v) is 4.37. The van der Waals surface area contributed by atoms with Gasteiger partial charge in [-0.15, -0.1) is 10.2 Å². The number of rotatable bonds is 7. The number of hydrogen-bond acceptors (Lipinski definition) is 5. The maximum absolute atomic E-state index is 11.6. The smallest absolute Gasteiger partial charge is 0.238 e. The van der Waals surface area contributed by atoms with Crippen LogP contribution in [0.4, 0.5) is 0 Å². The van der Waals surface area contributed by atoms with Crippen LogP contribution in [0, 0.1) is 0 Å². The lowest BCUT2D eigenvalue weighted by Crippen LogP contribution is -2.27. The Morgan fingerprint density at radius 1 is 1.33 bits per heavy atom. The molecule has 0 spiro atoms. The van der Waals surface area contributed by atoms with Crippen LogP contribution < -0.4 is 5.32 Å². The van der Waals surface area contributed by atoms with E-state index in [4.69, 9.17) is 9.15 Å². The summed E-state index contributed by atoms with van der Waals surface area (Å²) < 4.78 is 10.6. The first kappa shape index (κ1) is 14.6. The standard InChI is InChI=1S/C12H21N3O3/c1-5-17-7-6-10(16)13-9(4)12-15-14-11(18-12)8(2)3/h8-9H,5-7H2,1-4H3,(H,13,16)/t9-/m1/s1. The first-order chi connectivity index (χ1) is 8.54. The van der Waals surface area contributed by atoms with Crippen LogP contribution in [0.5, 0.6) is 0 Å². The van der Waals surface area contributed by atoms with Gasteiger partial charge in [0.05, 0.1) is 6.61 Å². The third-order valence-corrected chi connectivity index (χ3v) is 2.38. The van der Waals surface area contributed by atoms with Crippen molar-refractivity contribution in [3.8, 4) is 0 Å². The molecule has 1 aromatic heterocycles. The van der Waals surface area contributed by atoms with Crippen molar-refractivity contribution in [2.45, 2.75) is 46.1 Å². The number of nitrogens with one attached hydrogen (secondary N) is 1. The summed E-state index contributed by atoms with van der Waals surface area (Å²) in [6, 6.07) is -0.279. The molecule has 0 saturated heterocycles. The maximum atomic E-state index is 11.6. The lowest BCUT2D eigenvalue weighted by molar-refractivity contribution is -0.122. The van der Waals surface area contributed by atoms with Gasteiger partial charge in [-0.1, -0.05) is 13.8 Å². The zero-order chi connectivity index (χ0) is 13.5. The molecule has 1 aromatic rings. The van der Waals surface area contributed by atoms with Crippen molar-refractivity contribution in [3.63, 3.8) is 0 Å². The molecule has 1 heterocycles. The van der Waals surface area contributed by atoms with Gasteiger partial charge >= 0.3 is 0 Å². The van der Waals surface area contributed by atoms with Crippen molar-refractivity contribution in [2.75, 3.05) is 13.2 Å². The van der Waals surface area contributed by atoms with Crippen LogP contribution in [0.1, 0.15) is 57.9 Å². The summed E-state index contributed by atoms with van der Waals surface area (Å²) in [7, 11) is 0. The van der Waals surface area contributed by atoms with Crippen LogP contribution in [0.3, 0.4) is 0 Å². The Bertz CT molecular complexity index is 376. The Kier molecular flexibility index (Phi) is 5.77. The molecule has 0 aliphatic carbocycles. The molecule has 1 amide bonds. The van der Waals surface area contributed by atoms with Gasteiger partial charge in [0.2, 0.25) is 17.7 Å². The summed E-state index contributed by atoms with van der Waals surface area (Å²) in [4.78, 5) is 11.6. The van der Waals surface area contributed by atoms with Crippen LogP contribution in [-0.2, 0) is 9.53 Å². The van der Waals surface area contributed by atoms with Crippen molar-refractivity contribution in [2.24, 2.45) is 0 Å². The molecule has 6 nitrogen and oxygen atoms in total. The van der Waals surface area contributed by atoms with E-state index < -0.39 is 0 Å². The highest BCUT2D eigenvalue weighted by molar-refractivity contribution is 5.76. The second-order valence-electron chi connectivity index (χ2n) is 4.37. The highest BCUT2D eigenvalue weighted by Gasteiger charge is 2.17. The molecule has 6 heteroatoms. The molecule has 0 radical (unpaired) electrons. The lowest BCUT2D eigenvalue weighted by Gasteiger charge is -2.09. The number of aromatic nitrogens is 2. The zero-order valence-corrected chi connectivity index (χ0v) is 11.4. The lowest BCUT2D eigenvalue weighted by atomic mass is 10.2. The van der Waals surface area contributed by atoms with Crippen LogP contribution in [0.2, 0.25) is 0 Å². The van der Waals surface area contributed by atoms with Crippen molar-refractivity contribution >= 4 is 5.91 Å². The Labute approximate surface area is 107 Å². The summed E-state index contributed by atoms with van der Waals surface area (Å²) in [5.74, 6) is 1.12. The summed E-state index contributed by atoms with van der Waals surface area (Å²) in [5, 5.41) is 10.6. The van der Waals surface area contributed by atoms with Crippen molar-refractivity contribution < 1.29 is 13.9 Å². The number of nitrogens with zero attached hydrogens (tertiary/aromatic N) is 2. The molecule has 1 N–H and O–H groups in total. The SMILES string of the molecule is CCOCCC(=O)N[C@H](C)c1nnc(C(C)C)o1. The largest absolute Gasteiger partial charge is 0.423 e. The monoisotopic (exact) mass is 255 g/mol. The van der Waals surface area contributed by atoms with E-state index in [0.717, 1.165) is 0 Å². The third-order valence-electron chi connectivity index (χ3n) is 2.38. The fourth-order valence-electron chi connectivity index (χ4n) is 1.34. The van der Waals surface area contributed by atoms with E-state index in [2.05, 4.69) is 15.5 Å². The van der Waals surface area contributed by atoms with E-state index in [1.54, 1.807) is 0 Å². The van der Waals surface area contributed by atoms with Crippen LogP contribution in [0.25, 0.3) is 0 Å². The van der Waals surface area contributed by atoms with E-state index in [9.17, 15) is 4.79 Å². The van der Waals surface area contributed by atoms with Gasteiger partial charge in [0.25, 0.3) is 0 Å². The molecule has 0 fully saturated rings. The predicted molar refractivity (Wildman–Crippen MR) is 66.1 cm³/mol. The molecule has 0 saturated carbocycles. The number of carbonyl (C=O) groups excluding carboxylic acids is 1. The minimum atomic E-state index is -0.279. The van der Waals surface area contributed by atoms with Gasteiger partial charge in [-0.3, -0.25) is 4.79 Å². The van der Waals surface area contributed by atoms with E-state index >= 15 is 0 Å². The minimum Gasteiger partial charge on any atom is -0.423 e. The average Bonchev–Trinajstić information content (AvgIpc) is 2.78. The van der Waals surface area contributed by atoms with Gasteiger partial charge in [0.1, 0.15) is 6.04 Å². The van der Waals surface area contributed by atoms with Gasteiger partial charge in [-0.25, -0.2) is 0 Å². The van der Waals surface area contributed by atoms with Crippen LogP contribution in [-0.4, -0.2) is 29.3 Å². The fourth-order valence-corrected chi connectivity index (χ4v) is 1.34. The summed E-state index contributed by atoms with van der Waals surface area (Å²) >= 11 is 0. The molecule has 102 valence electrons. The zero-order valence-electron chi connectivity index (χ0n) is 11.4. The topological polar surface area (TPSA) is 77.2 Å². The molecule has 0 bridgehead atoms. The molecule has 0 aliphatic heterocycles. The maximum Gasteiger partial charge on any atom is 0.238 e. The second kappa shape index (κ2) is 7.10. The number of hydrogen-bond donors (Lipinski definition) is 1. The van der Waals surface area contributed by atoms with Gasteiger partial charge in [0.15, 0.2) is 0 Å². The Hall–Kier alpha value is -1.43. The number of amides is 1. The van der Waals surface area contributed by atoms with Crippen molar-refractivity contribution in [1.82, 2.24) is 15.5 Å². The van der Waals surface area contributed by atoms with Gasteiger partial charge in [-0.2, -0.15) is 0 Å². The van der Waals surface area contributed by atoms with Crippen LogP contribution in [0.15, 0.2) is 4.42 Å². The highest BCUT2D eigenvalue weighted by Crippen LogP contribution is 2.16. The third kappa shape index (κ3) is 4.44. The summed E-state index contributed by atoms with van der Waals surface area (Å²) in [5.41, 5.74) is 0. The molecule has 1 rings (SSSR count). The first-order valence-corrected chi connectivity index (χ1v) is 6.25. The van der Waals surface area contributed by atoms with Gasteiger partial charge in [0, 0.05) is 18.9 Å². The summed E-state index contributed by atoms with van der Waals surface area (Å²) in [6.07, 6.45) is 0.337. The molecule has 18 heavy (non-hydrogen) atoms. The van der Waals surface area contributed by atoms with Gasteiger partial charge < -0.3 is 14.5 Å². The Morgan fingerprint density at radius 3 is 2.56 bits per heavy atom. The molecular formula is C12H21N3O3. The first-order valence-electron chi connectivity index (χ1n) is 6.25. The Balaban J connectivity index is 2.43. The van der Waals surface area contributed by atoms with E-state index in [0.29, 0.717) is 31.4 Å². The van der Waals surface area contributed by atoms with Gasteiger partial charge in [-0.05, 0) is 13.8 Å². The molecule has 0 aromatic carbocycles. The van der Waals surface area contributed by atoms with E-state index in [1.807, 2.05) is 27.7 Å². The minimum absolute atomic E-state index is 0.0831. The normalized spacial score (nSPS) is 12.7. The highest BCUT2D eigenvalue weighted by atomic mass is 16.5. The predicted octanol–water partition coefficient (Wildman–Crippen LogP) is 1.80. The van der Waals surface area contributed by atoms with E-state index in [1.165, 1.54) is 0 Å².